The normalized spacial score (nSPS) is 18.7. The fourth-order valence-electron chi connectivity index (χ4n) is 3.66. The average molecular weight is 365 g/mol. The van der Waals surface area contributed by atoms with Crippen LogP contribution in [0.1, 0.15) is 24.8 Å². The first-order valence-corrected chi connectivity index (χ1v) is 9.28. The van der Waals surface area contributed by atoms with Gasteiger partial charge in [0.2, 0.25) is 5.91 Å². The van der Waals surface area contributed by atoms with Crippen molar-refractivity contribution in [3.63, 3.8) is 0 Å². The monoisotopic (exact) mass is 365 g/mol. The van der Waals surface area contributed by atoms with E-state index in [2.05, 4.69) is 5.32 Å². The molecule has 1 spiro atoms. The van der Waals surface area contributed by atoms with E-state index in [1.165, 1.54) is 5.06 Å². The minimum absolute atomic E-state index is 0.0149. The van der Waals surface area contributed by atoms with Gasteiger partial charge < -0.3 is 10.2 Å². The largest absolute Gasteiger partial charge is 0.324 e. The Morgan fingerprint density at radius 1 is 1.00 bits per heavy atom. The number of carbonyl (C=O) groups is 2. The zero-order valence-corrected chi connectivity index (χ0v) is 15.1. The SMILES string of the molecule is O=C(Nc1ccccc1)N1CCC2(CC1)CC(=O)N(Cc1ccccc1)O2. The second kappa shape index (κ2) is 7.40. The molecular weight excluding hydrogens is 342 g/mol. The third kappa shape index (κ3) is 3.95. The molecule has 1 N–H and O–H groups in total. The van der Waals surface area contributed by atoms with Crippen LogP contribution in [-0.2, 0) is 16.2 Å². The van der Waals surface area contributed by atoms with Crippen molar-refractivity contribution < 1.29 is 14.4 Å². The number of hydrogen-bond acceptors (Lipinski definition) is 3. The van der Waals surface area contributed by atoms with E-state index in [1.807, 2.05) is 60.7 Å². The lowest BCUT2D eigenvalue weighted by Gasteiger charge is -2.37. The van der Waals surface area contributed by atoms with Crippen LogP contribution in [0.5, 0.6) is 0 Å². The van der Waals surface area contributed by atoms with Crippen molar-refractivity contribution in [2.24, 2.45) is 0 Å². The van der Waals surface area contributed by atoms with Gasteiger partial charge in [0, 0.05) is 18.8 Å². The second-order valence-electron chi connectivity index (χ2n) is 7.15. The predicted molar refractivity (Wildman–Crippen MR) is 102 cm³/mol. The Hall–Kier alpha value is -2.86. The highest BCUT2D eigenvalue weighted by Gasteiger charge is 2.47. The van der Waals surface area contributed by atoms with Gasteiger partial charge in [0.1, 0.15) is 5.60 Å². The molecule has 2 heterocycles. The number of hydrogen-bond donors (Lipinski definition) is 1. The summed E-state index contributed by atoms with van der Waals surface area (Å²) in [7, 11) is 0. The number of benzene rings is 2. The summed E-state index contributed by atoms with van der Waals surface area (Å²) in [6.45, 7) is 1.61. The molecule has 6 heteroatoms. The molecule has 0 aliphatic carbocycles. The van der Waals surface area contributed by atoms with Gasteiger partial charge in [0.25, 0.3) is 0 Å². The van der Waals surface area contributed by atoms with Crippen molar-refractivity contribution in [3.8, 4) is 0 Å². The first-order valence-electron chi connectivity index (χ1n) is 9.28. The van der Waals surface area contributed by atoms with Gasteiger partial charge in [-0.25, -0.2) is 9.86 Å². The van der Waals surface area contributed by atoms with E-state index in [-0.39, 0.29) is 11.9 Å². The molecule has 2 aromatic carbocycles. The van der Waals surface area contributed by atoms with Crippen LogP contribution in [0, 0.1) is 0 Å². The van der Waals surface area contributed by atoms with Crippen LogP contribution in [0.4, 0.5) is 10.5 Å². The number of amides is 3. The summed E-state index contributed by atoms with van der Waals surface area (Å²) >= 11 is 0. The number of para-hydroxylation sites is 1. The van der Waals surface area contributed by atoms with Gasteiger partial charge in [0.05, 0.1) is 13.0 Å². The third-order valence-electron chi connectivity index (χ3n) is 5.21. The molecule has 2 aromatic rings. The van der Waals surface area contributed by atoms with Gasteiger partial charge in [0.15, 0.2) is 0 Å². The van der Waals surface area contributed by atoms with E-state index in [1.54, 1.807) is 4.90 Å². The summed E-state index contributed by atoms with van der Waals surface area (Å²) in [4.78, 5) is 32.7. The van der Waals surface area contributed by atoms with Crippen LogP contribution in [0.25, 0.3) is 0 Å². The van der Waals surface area contributed by atoms with E-state index in [4.69, 9.17) is 4.84 Å². The summed E-state index contributed by atoms with van der Waals surface area (Å²) in [5.74, 6) is 0.0149. The Bertz CT molecular complexity index is 802. The summed E-state index contributed by atoms with van der Waals surface area (Å²) in [5.41, 5.74) is 1.35. The number of hydroxylamine groups is 2. The van der Waals surface area contributed by atoms with E-state index < -0.39 is 5.60 Å². The molecule has 2 aliphatic rings. The third-order valence-corrected chi connectivity index (χ3v) is 5.21. The molecule has 3 amide bonds. The standard InChI is InChI=1S/C21H23N3O3/c25-19-15-21(27-24(19)16-17-7-3-1-4-8-17)11-13-23(14-12-21)20(26)22-18-9-5-2-6-10-18/h1-10H,11-16H2,(H,22,26). The van der Waals surface area contributed by atoms with Crippen molar-refractivity contribution in [1.29, 1.82) is 0 Å². The molecule has 2 fully saturated rings. The molecular formula is C21H23N3O3. The molecule has 0 saturated carbocycles. The molecule has 0 unspecified atom stereocenters. The fourth-order valence-corrected chi connectivity index (χ4v) is 3.66. The predicted octanol–water partition coefficient (Wildman–Crippen LogP) is 3.42. The summed E-state index contributed by atoms with van der Waals surface area (Å²) in [6.07, 6.45) is 1.70. The van der Waals surface area contributed by atoms with Crippen molar-refractivity contribution in [2.45, 2.75) is 31.4 Å². The minimum atomic E-state index is -0.477. The zero-order chi connectivity index (χ0) is 18.7. The molecule has 2 aliphatic heterocycles. The quantitative estimate of drug-likeness (QED) is 0.907. The van der Waals surface area contributed by atoms with Gasteiger partial charge >= 0.3 is 6.03 Å². The molecule has 2 saturated heterocycles. The highest BCUT2D eigenvalue weighted by molar-refractivity contribution is 5.89. The van der Waals surface area contributed by atoms with E-state index in [0.29, 0.717) is 38.9 Å². The Morgan fingerprint density at radius 2 is 1.63 bits per heavy atom. The summed E-state index contributed by atoms with van der Waals surface area (Å²) < 4.78 is 0. The first-order chi connectivity index (χ1) is 13.1. The highest BCUT2D eigenvalue weighted by Crippen LogP contribution is 2.37. The molecule has 140 valence electrons. The number of nitrogens with one attached hydrogen (secondary N) is 1. The summed E-state index contributed by atoms with van der Waals surface area (Å²) in [6, 6.07) is 19.1. The molecule has 27 heavy (non-hydrogen) atoms. The van der Waals surface area contributed by atoms with Crippen molar-refractivity contribution in [2.75, 3.05) is 18.4 Å². The maximum absolute atomic E-state index is 12.4. The lowest BCUT2D eigenvalue weighted by Crippen LogP contribution is -2.48. The van der Waals surface area contributed by atoms with E-state index in [9.17, 15) is 9.59 Å². The Kier molecular flexibility index (Phi) is 4.81. The van der Waals surface area contributed by atoms with E-state index >= 15 is 0 Å². The number of nitrogens with zero attached hydrogens (tertiary/aromatic N) is 2. The van der Waals surface area contributed by atoms with Crippen LogP contribution in [0.2, 0.25) is 0 Å². The lowest BCUT2D eigenvalue weighted by atomic mass is 9.89. The first kappa shape index (κ1) is 17.5. The fraction of sp³-hybridized carbons (Fsp3) is 0.333. The van der Waals surface area contributed by atoms with Gasteiger partial charge in [-0.1, -0.05) is 48.5 Å². The Balaban J connectivity index is 1.33. The highest BCUT2D eigenvalue weighted by atomic mass is 16.7. The Morgan fingerprint density at radius 3 is 2.30 bits per heavy atom. The number of rotatable bonds is 3. The van der Waals surface area contributed by atoms with Crippen molar-refractivity contribution in [3.05, 3.63) is 66.2 Å². The number of urea groups is 1. The Labute approximate surface area is 158 Å². The van der Waals surface area contributed by atoms with Gasteiger partial charge in [-0.05, 0) is 30.5 Å². The molecule has 0 aromatic heterocycles. The van der Waals surface area contributed by atoms with E-state index in [0.717, 1.165) is 11.3 Å². The second-order valence-corrected chi connectivity index (χ2v) is 7.15. The maximum Gasteiger partial charge on any atom is 0.321 e. The van der Waals surface area contributed by atoms with Crippen molar-refractivity contribution >= 4 is 17.6 Å². The van der Waals surface area contributed by atoms with Crippen LogP contribution in [0.3, 0.4) is 0 Å². The smallest absolute Gasteiger partial charge is 0.321 e. The minimum Gasteiger partial charge on any atom is -0.324 e. The van der Waals surface area contributed by atoms with Gasteiger partial charge in [-0.15, -0.1) is 0 Å². The maximum atomic E-state index is 12.4. The number of likely N-dealkylation sites (tertiary alicyclic amines) is 1. The molecule has 0 atom stereocenters. The number of piperidine rings is 1. The molecule has 4 rings (SSSR count). The molecule has 6 nitrogen and oxygen atoms in total. The molecule has 0 bridgehead atoms. The van der Waals surface area contributed by atoms with Crippen molar-refractivity contribution in [1.82, 2.24) is 9.96 Å². The number of anilines is 1. The molecule has 0 radical (unpaired) electrons. The van der Waals surface area contributed by atoms with Crippen LogP contribution >= 0.6 is 0 Å². The lowest BCUT2D eigenvalue weighted by molar-refractivity contribution is -0.212. The zero-order valence-electron chi connectivity index (χ0n) is 15.1. The van der Waals surface area contributed by atoms with Crippen LogP contribution in [0.15, 0.2) is 60.7 Å². The van der Waals surface area contributed by atoms with Crippen LogP contribution in [-0.4, -0.2) is 40.6 Å². The van der Waals surface area contributed by atoms with Gasteiger partial charge in [-0.2, -0.15) is 0 Å². The number of carbonyl (C=O) groups excluding carboxylic acids is 2. The van der Waals surface area contributed by atoms with Gasteiger partial charge in [-0.3, -0.25) is 9.63 Å². The average Bonchev–Trinajstić information content (AvgIpc) is 2.98. The summed E-state index contributed by atoms with van der Waals surface area (Å²) in [5, 5.41) is 4.39. The van der Waals surface area contributed by atoms with Crippen LogP contribution < -0.4 is 5.32 Å². The topological polar surface area (TPSA) is 61.9 Å².